The van der Waals surface area contributed by atoms with Gasteiger partial charge in [-0.25, -0.2) is 0 Å². The lowest BCUT2D eigenvalue weighted by molar-refractivity contribution is -0.171. The third kappa shape index (κ3) is 3.49. The number of ether oxygens (including phenoxy) is 1. The zero-order valence-electron chi connectivity index (χ0n) is 16.2. The topological polar surface area (TPSA) is 49.8 Å². The lowest BCUT2D eigenvalue weighted by Crippen LogP contribution is -2.66. The van der Waals surface area contributed by atoms with Crippen molar-refractivity contribution in [3.8, 4) is 5.75 Å². The number of benzene rings is 1. The van der Waals surface area contributed by atoms with Crippen LogP contribution in [0.25, 0.3) is 0 Å². The second-order valence-electron chi connectivity index (χ2n) is 9.31. The Hall–Kier alpha value is -1.76. The molecular formula is C21H26F3NO3. The number of nitrogens with zero attached hydrogens (tertiary/aromatic N) is 1. The van der Waals surface area contributed by atoms with E-state index in [1.165, 1.54) is 19.2 Å². The molecule has 0 atom stereocenters. The van der Waals surface area contributed by atoms with E-state index in [4.69, 9.17) is 4.74 Å². The Morgan fingerprint density at radius 2 is 1.89 bits per heavy atom. The van der Waals surface area contributed by atoms with E-state index in [1.807, 2.05) is 4.90 Å². The number of alkyl halides is 3. The highest BCUT2D eigenvalue weighted by molar-refractivity contribution is 5.81. The van der Waals surface area contributed by atoms with Crippen LogP contribution in [-0.4, -0.2) is 41.7 Å². The Kier molecular flexibility index (Phi) is 4.45. The molecule has 1 aromatic rings. The summed E-state index contributed by atoms with van der Waals surface area (Å²) in [6, 6.07) is 4.13. The molecule has 3 fully saturated rings. The fourth-order valence-electron chi connectivity index (χ4n) is 5.35. The monoisotopic (exact) mass is 397 g/mol. The van der Waals surface area contributed by atoms with Crippen molar-refractivity contribution in [3.63, 3.8) is 0 Å². The number of carbonyl (C=O) groups is 1. The third-order valence-corrected chi connectivity index (χ3v) is 6.62. The van der Waals surface area contributed by atoms with Gasteiger partial charge in [-0.1, -0.05) is 6.07 Å². The number of hydrogen-bond acceptors (Lipinski definition) is 3. The summed E-state index contributed by atoms with van der Waals surface area (Å²) in [5, 5.41) is 9.80. The van der Waals surface area contributed by atoms with Crippen LogP contribution in [0.1, 0.15) is 43.7 Å². The first-order valence-corrected chi connectivity index (χ1v) is 9.76. The fraction of sp³-hybridized carbons (Fsp3) is 0.667. The molecular weight excluding hydrogens is 371 g/mol. The third-order valence-electron chi connectivity index (χ3n) is 6.62. The zero-order valence-corrected chi connectivity index (χ0v) is 16.2. The first kappa shape index (κ1) is 19.6. The number of rotatable bonds is 4. The molecule has 0 aromatic heterocycles. The molecule has 0 radical (unpaired) electrons. The second-order valence-corrected chi connectivity index (χ2v) is 9.31. The Morgan fingerprint density at radius 3 is 2.43 bits per heavy atom. The summed E-state index contributed by atoms with van der Waals surface area (Å²) in [5.41, 5.74) is -0.379. The molecule has 1 aliphatic heterocycles. The first-order chi connectivity index (χ1) is 13.0. The predicted octanol–water partition coefficient (Wildman–Crippen LogP) is 3.66. The van der Waals surface area contributed by atoms with Gasteiger partial charge in [0, 0.05) is 24.4 Å². The molecule has 3 aliphatic rings. The summed E-state index contributed by atoms with van der Waals surface area (Å²) < 4.78 is 43.8. The van der Waals surface area contributed by atoms with Crippen LogP contribution in [0.3, 0.4) is 0 Å². The highest BCUT2D eigenvalue weighted by Crippen LogP contribution is 2.54. The highest BCUT2D eigenvalue weighted by atomic mass is 19.4. The normalized spacial score (nSPS) is 29.1. The molecule has 0 unspecified atom stereocenters. The number of carbonyl (C=O) groups excluding carboxylic acids is 1. The van der Waals surface area contributed by atoms with Gasteiger partial charge in [0.05, 0.1) is 18.3 Å². The molecule has 2 aliphatic carbocycles. The molecule has 1 saturated heterocycles. The van der Waals surface area contributed by atoms with Gasteiger partial charge in [0.25, 0.3) is 0 Å². The SMILES string of the molecule is COc1cc(CC2CC3(C2)CN(C(=O)C2CC(C)(O)C2)C3)ccc1C(F)(F)F. The molecule has 1 spiro atoms. The maximum Gasteiger partial charge on any atom is 0.419 e. The molecule has 154 valence electrons. The predicted molar refractivity (Wildman–Crippen MR) is 96.8 cm³/mol. The van der Waals surface area contributed by atoms with Crippen LogP contribution in [0.2, 0.25) is 0 Å². The first-order valence-electron chi connectivity index (χ1n) is 9.76. The van der Waals surface area contributed by atoms with Gasteiger partial charge in [0.1, 0.15) is 5.75 Å². The maximum atomic E-state index is 13.0. The average molecular weight is 397 g/mol. The van der Waals surface area contributed by atoms with Crippen molar-refractivity contribution in [2.75, 3.05) is 20.2 Å². The lowest BCUT2D eigenvalue weighted by atomic mass is 9.56. The molecule has 28 heavy (non-hydrogen) atoms. The van der Waals surface area contributed by atoms with Gasteiger partial charge in [0.2, 0.25) is 5.91 Å². The van der Waals surface area contributed by atoms with Crippen LogP contribution < -0.4 is 4.74 Å². The van der Waals surface area contributed by atoms with Gasteiger partial charge in [-0.05, 0) is 62.6 Å². The van der Waals surface area contributed by atoms with Gasteiger partial charge >= 0.3 is 6.18 Å². The minimum atomic E-state index is -4.42. The second kappa shape index (κ2) is 6.37. The van der Waals surface area contributed by atoms with E-state index >= 15 is 0 Å². The Balaban J connectivity index is 1.27. The number of hydrogen-bond donors (Lipinski definition) is 1. The Bertz CT molecular complexity index is 768. The summed E-state index contributed by atoms with van der Waals surface area (Å²) in [5.74, 6) is 0.426. The molecule has 1 heterocycles. The number of amides is 1. The zero-order chi connectivity index (χ0) is 20.3. The van der Waals surface area contributed by atoms with Gasteiger partial charge in [-0.3, -0.25) is 4.79 Å². The van der Waals surface area contributed by atoms with E-state index in [0.717, 1.165) is 44.0 Å². The summed E-state index contributed by atoms with van der Waals surface area (Å²) in [6.45, 7) is 3.32. The van der Waals surface area contributed by atoms with Crippen LogP contribution >= 0.6 is 0 Å². The van der Waals surface area contributed by atoms with Crippen molar-refractivity contribution in [2.45, 2.75) is 50.8 Å². The van der Waals surface area contributed by atoms with Crippen molar-refractivity contribution in [1.29, 1.82) is 0 Å². The van der Waals surface area contributed by atoms with E-state index in [1.54, 1.807) is 6.92 Å². The average Bonchev–Trinajstić information content (AvgIpc) is 2.51. The van der Waals surface area contributed by atoms with Crippen LogP contribution in [0.15, 0.2) is 18.2 Å². The number of halogens is 3. The number of aliphatic hydroxyl groups is 1. The lowest BCUT2D eigenvalue weighted by Gasteiger charge is -2.60. The van der Waals surface area contributed by atoms with Crippen molar-refractivity contribution in [3.05, 3.63) is 29.3 Å². The minimum absolute atomic E-state index is 0.0390. The number of likely N-dealkylation sites (tertiary alicyclic amines) is 1. The van der Waals surface area contributed by atoms with Crippen molar-refractivity contribution in [1.82, 2.24) is 4.90 Å². The van der Waals surface area contributed by atoms with Gasteiger partial charge in [-0.2, -0.15) is 13.2 Å². The molecule has 7 heteroatoms. The van der Waals surface area contributed by atoms with Gasteiger partial charge in [0.15, 0.2) is 0 Å². The molecule has 2 saturated carbocycles. The molecule has 1 N–H and O–H groups in total. The smallest absolute Gasteiger partial charge is 0.419 e. The van der Waals surface area contributed by atoms with Crippen LogP contribution in [0.4, 0.5) is 13.2 Å². The fourth-order valence-corrected chi connectivity index (χ4v) is 5.35. The molecule has 1 amide bonds. The van der Waals surface area contributed by atoms with Crippen molar-refractivity contribution >= 4 is 5.91 Å². The largest absolute Gasteiger partial charge is 0.496 e. The van der Waals surface area contributed by atoms with E-state index < -0.39 is 17.3 Å². The standard InChI is InChI=1S/C21H26F3NO3/c1-19(27)9-15(10-19)18(26)25-11-20(12-25)7-14(8-20)5-13-3-4-16(21(22,23)24)17(6-13)28-2/h3-4,6,14-15,27H,5,7-12H2,1-2H3. The maximum absolute atomic E-state index is 13.0. The van der Waals surface area contributed by atoms with E-state index in [-0.39, 0.29) is 23.0 Å². The van der Waals surface area contributed by atoms with Crippen LogP contribution in [0.5, 0.6) is 5.75 Å². The quantitative estimate of drug-likeness (QED) is 0.844. The van der Waals surface area contributed by atoms with Crippen LogP contribution in [0, 0.1) is 17.3 Å². The summed E-state index contributed by atoms with van der Waals surface area (Å²) in [4.78, 5) is 14.3. The van der Waals surface area contributed by atoms with E-state index in [0.29, 0.717) is 18.8 Å². The van der Waals surface area contributed by atoms with Gasteiger partial charge < -0.3 is 14.7 Å². The van der Waals surface area contributed by atoms with Gasteiger partial charge in [-0.15, -0.1) is 0 Å². The number of methoxy groups -OCH3 is 1. The Labute approximate surface area is 162 Å². The molecule has 4 rings (SSSR count). The molecule has 0 bridgehead atoms. The van der Waals surface area contributed by atoms with Crippen molar-refractivity contribution < 1.29 is 27.8 Å². The van der Waals surface area contributed by atoms with Crippen LogP contribution in [-0.2, 0) is 17.4 Å². The van der Waals surface area contributed by atoms with E-state index in [2.05, 4.69) is 0 Å². The summed E-state index contributed by atoms with van der Waals surface area (Å²) >= 11 is 0. The Morgan fingerprint density at radius 1 is 1.25 bits per heavy atom. The highest BCUT2D eigenvalue weighted by Gasteiger charge is 2.55. The minimum Gasteiger partial charge on any atom is -0.496 e. The van der Waals surface area contributed by atoms with Crippen molar-refractivity contribution in [2.24, 2.45) is 17.3 Å². The molecule has 1 aromatic carbocycles. The molecule has 4 nitrogen and oxygen atoms in total. The summed E-state index contributed by atoms with van der Waals surface area (Å²) in [6.07, 6.45) is -0.581. The summed E-state index contributed by atoms with van der Waals surface area (Å²) in [7, 11) is 1.26. The van der Waals surface area contributed by atoms with E-state index in [9.17, 15) is 23.1 Å².